The van der Waals surface area contributed by atoms with E-state index >= 15 is 0 Å². The first-order valence-corrected chi connectivity index (χ1v) is 5.97. The fourth-order valence-corrected chi connectivity index (χ4v) is 1.84. The zero-order chi connectivity index (χ0) is 14.5. The number of rotatable bonds is 5. The summed E-state index contributed by atoms with van der Waals surface area (Å²) in [6, 6.07) is 8.64. The number of benzene rings is 1. The number of nitrogen functional groups attached to an aromatic ring is 1. The number of nitrogens with one attached hydrogen (secondary N) is 1. The fourth-order valence-electron chi connectivity index (χ4n) is 1.84. The zero-order valence-corrected chi connectivity index (χ0v) is 10.7. The van der Waals surface area contributed by atoms with Crippen molar-refractivity contribution in [2.45, 2.75) is 6.54 Å². The van der Waals surface area contributed by atoms with Gasteiger partial charge in [0.1, 0.15) is 12.2 Å². The molecule has 0 atom stereocenters. The van der Waals surface area contributed by atoms with Crippen molar-refractivity contribution in [3.05, 3.63) is 47.8 Å². The third-order valence-corrected chi connectivity index (χ3v) is 2.69. The fraction of sp³-hybridized carbons (Fsp3) is 0.154. The number of amides is 2. The maximum Gasteiger partial charge on any atom is 0.272 e. The Bertz CT molecular complexity index is 609. The number of aromatic amines is 1. The van der Waals surface area contributed by atoms with E-state index in [1.54, 1.807) is 18.2 Å². The molecule has 0 unspecified atom stereocenters. The van der Waals surface area contributed by atoms with Gasteiger partial charge in [0.05, 0.1) is 0 Å². The van der Waals surface area contributed by atoms with Crippen LogP contribution in [0.15, 0.2) is 36.5 Å². The minimum absolute atomic E-state index is 0.174. The molecule has 0 aliphatic carbocycles. The van der Waals surface area contributed by atoms with Gasteiger partial charge in [-0.1, -0.05) is 12.1 Å². The van der Waals surface area contributed by atoms with Gasteiger partial charge >= 0.3 is 0 Å². The summed E-state index contributed by atoms with van der Waals surface area (Å²) in [6.07, 6.45) is 1.47. The van der Waals surface area contributed by atoms with E-state index in [4.69, 9.17) is 11.5 Å². The number of H-pyrrole nitrogens is 1. The lowest BCUT2D eigenvalue weighted by Crippen LogP contribution is -2.38. The average Bonchev–Trinajstić information content (AvgIpc) is 2.90. The maximum atomic E-state index is 12.2. The van der Waals surface area contributed by atoms with Gasteiger partial charge in [-0.2, -0.15) is 5.10 Å². The highest BCUT2D eigenvalue weighted by molar-refractivity contribution is 5.94. The predicted octanol–water partition coefficient (Wildman–Crippen LogP) is 0.120. The second-order valence-corrected chi connectivity index (χ2v) is 4.34. The second kappa shape index (κ2) is 5.87. The summed E-state index contributed by atoms with van der Waals surface area (Å²) in [7, 11) is 0. The molecule has 1 heterocycles. The van der Waals surface area contributed by atoms with Crippen LogP contribution in [-0.4, -0.2) is 33.5 Å². The number of nitrogens with two attached hydrogens (primary N) is 2. The first-order valence-electron chi connectivity index (χ1n) is 5.97. The molecule has 20 heavy (non-hydrogen) atoms. The molecule has 5 N–H and O–H groups in total. The van der Waals surface area contributed by atoms with Crippen LogP contribution in [0.5, 0.6) is 0 Å². The number of nitrogens with zero attached hydrogens (tertiary/aromatic N) is 2. The van der Waals surface area contributed by atoms with E-state index in [1.807, 2.05) is 6.07 Å². The van der Waals surface area contributed by atoms with E-state index in [0.717, 1.165) is 5.56 Å². The Hall–Kier alpha value is -2.83. The summed E-state index contributed by atoms with van der Waals surface area (Å²) in [5.41, 5.74) is 12.6. The van der Waals surface area contributed by atoms with Crippen LogP contribution in [0, 0.1) is 0 Å². The largest absolute Gasteiger partial charge is 0.399 e. The van der Waals surface area contributed by atoms with Gasteiger partial charge in [0.25, 0.3) is 5.91 Å². The van der Waals surface area contributed by atoms with E-state index < -0.39 is 5.91 Å². The Labute approximate surface area is 115 Å². The number of hydrogen-bond acceptors (Lipinski definition) is 4. The van der Waals surface area contributed by atoms with Crippen LogP contribution < -0.4 is 11.5 Å². The van der Waals surface area contributed by atoms with Crippen LogP contribution >= 0.6 is 0 Å². The van der Waals surface area contributed by atoms with E-state index in [-0.39, 0.29) is 19.0 Å². The van der Waals surface area contributed by atoms with Gasteiger partial charge in [-0.3, -0.25) is 14.7 Å². The first kappa shape index (κ1) is 13.6. The van der Waals surface area contributed by atoms with Gasteiger partial charge in [-0.15, -0.1) is 0 Å². The van der Waals surface area contributed by atoms with E-state index in [9.17, 15) is 9.59 Å². The van der Waals surface area contributed by atoms with Crippen LogP contribution in [0.1, 0.15) is 16.1 Å². The Morgan fingerprint density at radius 2 is 2.10 bits per heavy atom. The summed E-state index contributed by atoms with van der Waals surface area (Å²) in [4.78, 5) is 24.7. The van der Waals surface area contributed by atoms with Crippen LogP contribution in [0.3, 0.4) is 0 Å². The predicted molar refractivity (Wildman–Crippen MR) is 73.4 cm³/mol. The molecule has 0 saturated carbocycles. The summed E-state index contributed by atoms with van der Waals surface area (Å²) < 4.78 is 0. The number of hydrogen-bond donors (Lipinski definition) is 3. The van der Waals surface area contributed by atoms with Gasteiger partial charge in [-0.25, -0.2) is 0 Å². The van der Waals surface area contributed by atoms with Gasteiger partial charge in [0, 0.05) is 18.4 Å². The lowest BCUT2D eigenvalue weighted by atomic mass is 10.2. The third-order valence-electron chi connectivity index (χ3n) is 2.69. The Balaban J connectivity index is 2.19. The Kier molecular flexibility index (Phi) is 3.99. The summed E-state index contributed by atoms with van der Waals surface area (Å²) in [6.45, 7) is 0.0679. The van der Waals surface area contributed by atoms with Crippen molar-refractivity contribution in [1.29, 1.82) is 0 Å². The van der Waals surface area contributed by atoms with Gasteiger partial charge in [0.15, 0.2) is 0 Å². The molecule has 2 aromatic rings. The van der Waals surface area contributed by atoms with Gasteiger partial charge in [-0.05, 0) is 23.8 Å². The van der Waals surface area contributed by atoms with Gasteiger partial charge < -0.3 is 16.4 Å². The van der Waals surface area contributed by atoms with Crippen LogP contribution in [0.25, 0.3) is 0 Å². The van der Waals surface area contributed by atoms with Crippen molar-refractivity contribution in [3.63, 3.8) is 0 Å². The molecule has 0 spiro atoms. The highest BCUT2D eigenvalue weighted by Crippen LogP contribution is 2.11. The molecule has 0 aliphatic rings. The average molecular weight is 273 g/mol. The summed E-state index contributed by atoms with van der Waals surface area (Å²) in [5, 5.41) is 6.29. The van der Waals surface area contributed by atoms with Crippen LogP contribution in [0.2, 0.25) is 0 Å². The van der Waals surface area contributed by atoms with Crippen molar-refractivity contribution in [3.8, 4) is 0 Å². The number of aromatic nitrogens is 2. The highest BCUT2D eigenvalue weighted by Gasteiger charge is 2.19. The van der Waals surface area contributed by atoms with E-state index in [0.29, 0.717) is 11.4 Å². The number of anilines is 1. The molecule has 0 fully saturated rings. The van der Waals surface area contributed by atoms with Crippen molar-refractivity contribution >= 4 is 17.5 Å². The monoisotopic (exact) mass is 273 g/mol. The number of primary amides is 1. The summed E-state index contributed by atoms with van der Waals surface area (Å²) in [5.74, 6) is -0.925. The quantitative estimate of drug-likeness (QED) is 0.670. The van der Waals surface area contributed by atoms with Crippen molar-refractivity contribution in [2.75, 3.05) is 12.3 Å². The molecular weight excluding hydrogens is 258 g/mol. The smallest absolute Gasteiger partial charge is 0.272 e. The topological polar surface area (TPSA) is 118 Å². The minimum Gasteiger partial charge on any atom is -0.399 e. The molecule has 2 amide bonds. The lowest BCUT2D eigenvalue weighted by molar-refractivity contribution is -0.118. The first-order chi connectivity index (χ1) is 9.56. The van der Waals surface area contributed by atoms with Crippen LogP contribution in [0.4, 0.5) is 5.69 Å². The minimum atomic E-state index is -0.582. The number of carbonyl (C=O) groups excluding carboxylic acids is 2. The molecule has 7 heteroatoms. The molecule has 104 valence electrons. The summed E-state index contributed by atoms with van der Waals surface area (Å²) >= 11 is 0. The molecule has 2 rings (SSSR count). The van der Waals surface area contributed by atoms with E-state index in [1.165, 1.54) is 17.2 Å². The van der Waals surface area contributed by atoms with Crippen molar-refractivity contribution in [2.24, 2.45) is 5.73 Å². The van der Waals surface area contributed by atoms with Crippen LogP contribution in [-0.2, 0) is 11.3 Å². The molecule has 0 radical (unpaired) electrons. The molecule has 0 saturated heterocycles. The standard InChI is InChI=1S/C13H15N5O2/c14-10-3-1-2-9(6-10)7-18(8-12(15)19)13(20)11-4-5-16-17-11/h1-6H,7-8,14H2,(H2,15,19)(H,16,17). The lowest BCUT2D eigenvalue weighted by Gasteiger charge is -2.20. The second-order valence-electron chi connectivity index (χ2n) is 4.34. The molecule has 1 aromatic heterocycles. The van der Waals surface area contributed by atoms with Gasteiger partial charge in [0.2, 0.25) is 5.91 Å². The SMILES string of the molecule is NC(=O)CN(Cc1cccc(N)c1)C(=O)c1ccn[nH]1. The molecule has 1 aromatic carbocycles. The molecule has 7 nitrogen and oxygen atoms in total. The maximum absolute atomic E-state index is 12.2. The highest BCUT2D eigenvalue weighted by atomic mass is 16.2. The number of carbonyl (C=O) groups is 2. The Morgan fingerprint density at radius 3 is 2.70 bits per heavy atom. The third kappa shape index (κ3) is 3.35. The normalized spacial score (nSPS) is 10.2. The molecule has 0 bridgehead atoms. The zero-order valence-electron chi connectivity index (χ0n) is 10.7. The molecular formula is C13H15N5O2. The van der Waals surface area contributed by atoms with E-state index in [2.05, 4.69) is 10.2 Å². The van der Waals surface area contributed by atoms with Crippen molar-refractivity contribution < 1.29 is 9.59 Å². The van der Waals surface area contributed by atoms with Crippen molar-refractivity contribution in [1.82, 2.24) is 15.1 Å². The Morgan fingerprint density at radius 1 is 1.30 bits per heavy atom. The molecule has 0 aliphatic heterocycles.